The normalized spacial score (nSPS) is 19.2. The van der Waals surface area contributed by atoms with Crippen LogP contribution in [0.25, 0.3) is 11.1 Å². The molecule has 2 fully saturated rings. The first kappa shape index (κ1) is 23.1. The molecule has 1 atom stereocenters. The minimum Gasteiger partial charge on any atom is -0.463 e. The lowest BCUT2D eigenvalue weighted by atomic mass is 9.96. The smallest absolute Gasteiger partial charge is 0.270 e. The van der Waals surface area contributed by atoms with Crippen LogP contribution in [0.2, 0.25) is 0 Å². The second-order valence-electron chi connectivity index (χ2n) is 9.85. The Morgan fingerprint density at radius 3 is 2.22 bits per heavy atom. The summed E-state index contributed by atoms with van der Waals surface area (Å²) >= 11 is 0. The van der Waals surface area contributed by atoms with Crippen LogP contribution >= 0.6 is 0 Å². The SMILES string of the molecule is O=C(c1cc2occc2n1CC1CCCCO1)N1CCN(C(c2ccccc2)c2ccccc2)CC1. The third kappa shape index (κ3) is 4.59. The molecule has 0 bridgehead atoms. The molecule has 36 heavy (non-hydrogen) atoms. The van der Waals surface area contributed by atoms with Crippen molar-refractivity contribution in [2.45, 2.75) is 38.0 Å². The molecule has 2 aromatic carbocycles. The van der Waals surface area contributed by atoms with Crippen LogP contribution in [0.15, 0.2) is 83.5 Å². The number of carbonyl (C=O) groups excluding carboxylic acids is 1. The summed E-state index contributed by atoms with van der Waals surface area (Å²) in [5, 5.41) is 0. The average Bonchev–Trinajstić information content (AvgIpc) is 3.53. The summed E-state index contributed by atoms with van der Waals surface area (Å²) in [6, 6.07) is 25.4. The lowest BCUT2D eigenvalue weighted by Crippen LogP contribution is -2.50. The molecule has 0 saturated carbocycles. The molecule has 2 aromatic heterocycles. The van der Waals surface area contributed by atoms with E-state index in [-0.39, 0.29) is 18.1 Å². The van der Waals surface area contributed by atoms with Crippen molar-refractivity contribution >= 4 is 17.0 Å². The van der Waals surface area contributed by atoms with Gasteiger partial charge in [-0.2, -0.15) is 0 Å². The van der Waals surface area contributed by atoms with E-state index in [2.05, 4.69) is 70.1 Å². The Hall–Kier alpha value is -3.35. The molecule has 0 spiro atoms. The highest BCUT2D eigenvalue weighted by Gasteiger charge is 2.31. The fraction of sp³-hybridized carbons (Fsp3) is 0.367. The van der Waals surface area contributed by atoms with Crippen LogP contribution in [0.1, 0.15) is 46.9 Å². The molecule has 0 aliphatic carbocycles. The van der Waals surface area contributed by atoms with E-state index in [1.165, 1.54) is 17.5 Å². The van der Waals surface area contributed by atoms with Crippen molar-refractivity contribution in [3.63, 3.8) is 0 Å². The Morgan fingerprint density at radius 1 is 0.889 bits per heavy atom. The number of carbonyl (C=O) groups is 1. The first-order valence-electron chi connectivity index (χ1n) is 13.1. The van der Waals surface area contributed by atoms with Gasteiger partial charge >= 0.3 is 0 Å². The summed E-state index contributed by atoms with van der Waals surface area (Å²) in [5.41, 5.74) is 5.01. The first-order chi connectivity index (χ1) is 17.8. The predicted octanol–water partition coefficient (Wildman–Crippen LogP) is 5.35. The Morgan fingerprint density at radius 2 is 1.58 bits per heavy atom. The van der Waals surface area contributed by atoms with Gasteiger partial charge in [0, 0.05) is 51.5 Å². The minimum absolute atomic E-state index is 0.0767. The summed E-state index contributed by atoms with van der Waals surface area (Å²) in [6.07, 6.45) is 5.17. The quantitative estimate of drug-likeness (QED) is 0.371. The van der Waals surface area contributed by atoms with Gasteiger partial charge < -0.3 is 18.6 Å². The molecular weight excluding hydrogens is 450 g/mol. The van der Waals surface area contributed by atoms with E-state index in [0.717, 1.165) is 43.6 Å². The zero-order chi connectivity index (χ0) is 24.3. The van der Waals surface area contributed by atoms with Gasteiger partial charge in [-0.3, -0.25) is 9.69 Å². The van der Waals surface area contributed by atoms with E-state index < -0.39 is 0 Å². The Kier molecular flexibility index (Phi) is 6.62. The number of hydrogen-bond donors (Lipinski definition) is 0. The van der Waals surface area contributed by atoms with Crippen LogP contribution < -0.4 is 0 Å². The third-order valence-electron chi connectivity index (χ3n) is 7.60. The predicted molar refractivity (Wildman–Crippen MR) is 140 cm³/mol. The van der Waals surface area contributed by atoms with Crippen LogP contribution in [0.3, 0.4) is 0 Å². The third-order valence-corrected chi connectivity index (χ3v) is 7.60. The maximum atomic E-state index is 13.8. The Bertz CT molecular complexity index is 1240. The molecule has 2 aliphatic rings. The van der Waals surface area contributed by atoms with Gasteiger partial charge in [-0.25, -0.2) is 0 Å². The highest BCUT2D eigenvalue weighted by molar-refractivity contribution is 5.97. The van der Waals surface area contributed by atoms with Gasteiger partial charge in [0.2, 0.25) is 0 Å². The van der Waals surface area contributed by atoms with Crippen LogP contribution in [0.4, 0.5) is 0 Å². The van der Waals surface area contributed by atoms with Gasteiger partial charge in [0.25, 0.3) is 5.91 Å². The monoisotopic (exact) mass is 483 g/mol. The number of furan rings is 1. The number of benzene rings is 2. The molecule has 0 N–H and O–H groups in total. The maximum absolute atomic E-state index is 13.8. The molecule has 0 radical (unpaired) electrons. The number of nitrogens with zero attached hydrogens (tertiary/aromatic N) is 3. The summed E-state index contributed by atoms with van der Waals surface area (Å²) in [7, 11) is 0. The van der Waals surface area contributed by atoms with Crippen LogP contribution in [0, 0.1) is 0 Å². The van der Waals surface area contributed by atoms with Gasteiger partial charge in [-0.1, -0.05) is 60.7 Å². The number of hydrogen-bond acceptors (Lipinski definition) is 4. The number of fused-ring (bicyclic) bond motifs is 1. The van der Waals surface area contributed by atoms with E-state index in [1.54, 1.807) is 6.26 Å². The lowest BCUT2D eigenvalue weighted by molar-refractivity contribution is 0.00609. The van der Waals surface area contributed by atoms with Crippen molar-refractivity contribution in [3.8, 4) is 0 Å². The first-order valence-corrected chi connectivity index (χ1v) is 13.1. The van der Waals surface area contributed by atoms with Gasteiger partial charge in [-0.15, -0.1) is 0 Å². The molecule has 6 rings (SSSR count). The van der Waals surface area contributed by atoms with Gasteiger partial charge in [0.05, 0.1) is 23.9 Å². The molecule has 4 heterocycles. The topological polar surface area (TPSA) is 50.9 Å². The van der Waals surface area contributed by atoms with Crippen LogP contribution in [-0.4, -0.2) is 59.2 Å². The van der Waals surface area contributed by atoms with Crippen LogP contribution in [0.5, 0.6) is 0 Å². The zero-order valence-corrected chi connectivity index (χ0v) is 20.6. The number of amides is 1. The molecule has 2 aliphatic heterocycles. The summed E-state index contributed by atoms with van der Waals surface area (Å²) in [4.78, 5) is 18.2. The highest BCUT2D eigenvalue weighted by atomic mass is 16.5. The fourth-order valence-corrected chi connectivity index (χ4v) is 5.74. The van der Waals surface area contributed by atoms with Crippen molar-refractivity contribution in [2.75, 3.05) is 32.8 Å². The molecular formula is C30H33N3O3. The van der Waals surface area contributed by atoms with E-state index in [1.807, 2.05) is 17.0 Å². The zero-order valence-electron chi connectivity index (χ0n) is 20.6. The van der Waals surface area contributed by atoms with E-state index in [0.29, 0.717) is 25.3 Å². The standard InChI is InChI=1S/C30H33N3O3/c34-30(27-21-28-26(14-20-36-28)33(27)22-25-13-7-8-19-35-25)32-17-15-31(16-18-32)29(23-9-3-1-4-10-23)24-11-5-2-6-12-24/h1-6,9-12,14,20-21,25,29H,7-8,13,15-19,22H2. The lowest BCUT2D eigenvalue weighted by Gasteiger charge is -2.40. The van der Waals surface area contributed by atoms with Crippen molar-refractivity contribution in [1.82, 2.24) is 14.4 Å². The Balaban J connectivity index is 1.20. The van der Waals surface area contributed by atoms with E-state index in [4.69, 9.17) is 9.15 Å². The second-order valence-corrected chi connectivity index (χ2v) is 9.85. The highest BCUT2D eigenvalue weighted by Crippen LogP contribution is 2.30. The summed E-state index contributed by atoms with van der Waals surface area (Å²) < 4.78 is 13.8. The molecule has 1 unspecified atom stereocenters. The average molecular weight is 484 g/mol. The molecule has 2 saturated heterocycles. The van der Waals surface area contributed by atoms with Gasteiger partial charge in [0.1, 0.15) is 5.69 Å². The molecule has 6 heteroatoms. The summed E-state index contributed by atoms with van der Waals surface area (Å²) in [6.45, 7) is 4.53. The van der Waals surface area contributed by atoms with Crippen LogP contribution in [-0.2, 0) is 11.3 Å². The second kappa shape index (κ2) is 10.3. The number of rotatable bonds is 6. The molecule has 4 aromatic rings. The van der Waals surface area contributed by atoms with Crippen molar-refractivity contribution in [2.24, 2.45) is 0 Å². The van der Waals surface area contributed by atoms with Gasteiger partial charge in [-0.05, 0) is 30.4 Å². The van der Waals surface area contributed by atoms with Crippen molar-refractivity contribution < 1.29 is 13.9 Å². The van der Waals surface area contributed by atoms with E-state index >= 15 is 0 Å². The van der Waals surface area contributed by atoms with Gasteiger partial charge in [0.15, 0.2) is 5.58 Å². The number of aromatic nitrogens is 1. The molecule has 6 nitrogen and oxygen atoms in total. The molecule has 186 valence electrons. The van der Waals surface area contributed by atoms with Crippen molar-refractivity contribution in [1.29, 1.82) is 0 Å². The summed E-state index contributed by atoms with van der Waals surface area (Å²) in [5.74, 6) is 0.0767. The number of ether oxygens (including phenoxy) is 1. The van der Waals surface area contributed by atoms with E-state index in [9.17, 15) is 4.79 Å². The van der Waals surface area contributed by atoms with Crippen molar-refractivity contribution in [3.05, 3.63) is 95.9 Å². The largest absolute Gasteiger partial charge is 0.463 e. The number of piperazine rings is 1. The molecule has 1 amide bonds. The minimum atomic E-state index is 0.0767. The maximum Gasteiger partial charge on any atom is 0.270 e. The Labute approximate surface area is 212 Å². The fourth-order valence-electron chi connectivity index (χ4n) is 5.74.